The first-order valence-electron chi connectivity index (χ1n) is 7.56. The van der Waals surface area contributed by atoms with Gasteiger partial charge in [0.05, 0.1) is 0 Å². The average molecular weight is 313 g/mol. The lowest BCUT2D eigenvalue weighted by Crippen LogP contribution is -2.37. The molecular weight excluding hydrogens is 286 g/mol. The van der Waals surface area contributed by atoms with Crippen molar-refractivity contribution in [2.24, 2.45) is 4.99 Å². The number of thioether (sulfide) groups is 1. The second-order valence-corrected chi connectivity index (χ2v) is 5.71. The fourth-order valence-corrected chi connectivity index (χ4v) is 2.28. The predicted octanol–water partition coefficient (Wildman–Crippen LogP) is 2.01. The van der Waals surface area contributed by atoms with Crippen LogP contribution in [0.25, 0.3) is 0 Å². The molecule has 0 aromatic carbocycles. The lowest BCUT2D eigenvalue weighted by molar-refractivity contribution is 0.372. The Bertz CT molecular complexity index is 408. The van der Waals surface area contributed by atoms with Crippen LogP contribution >= 0.6 is 11.8 Å². The molecule has 0 amide bonds. The molecule has 0 atom stereocenters. The molecule has 0 aliphatic carbocycles. The molecule has 21 heavy (non-hydrogen) atoms. The highest BCUT2D eigenvalue weighted by molar-refractivity contribution is 7.98. The molecule has 1 aromatic rings. The zero-order valence-electron chi connectivity index (χ0n) is 13.3. The van der Waals surface area contributed by atoms with Crippen LogP contribution < -0.4 is 10.6 Å². The van der Waals surface area contributed by atoms with Gasteiger partial charge >= 0.3 is 0 Å². The van der Waals surface area contributed by atoms with Gasteiger partial charge in [-0.3, -0.25) is 4.99 Å². The van der Waals surface area contributed by atoms with Gasteiger partial charge in [0.25, 0.3) is 0 Å². The van der Waals surface area contributed by atoms with Crippen molar-refractivity contribution in [3.05, 3.63) is 11.7 Å². The molecule has 0 bridgehead atoms. The van der Waals surface area contributed by atoms with E-state index in [0.717, 1.165) is 38.4 Å². The molecule has 7 heteroatoms. The topological polar surface area (TPSA) is 75.3 Å². The van der Waals surface area contributed by atoms with Gasteiger partial charge in [0, 0.05) is 26.1 Å². The molecule has 0 unspecified atom stereocenters. The Morgan fingerprint density at radius 2 is 2.14 bits per heavy atom. The summed E-state index contributed by atoms with van der Waals surface area (Å²) in [5, 5.41) is 10.4. The lowest BCUT2D eigenvalue weighted by Gasteiger charge is -2.10. The maximum Gasteiger partial charge on any atom is 0.226 e. The highest BCUT2D eigenvalue weighted by Gasteiger charge is 2.02. The number of rotatable bonds is 10. The second-order valence-electron chi connectivity index (χ2n) is 4.73. The Kier molecular flexibility index (Phi) is 9.69. The van der Waals surface area contributed by atoms with Crippen LogP contribution in [0, 0.1) is 6.92 Å². The fourth-order valence-electron chi connectivity index (χ4n) is 1.78. The predicted molar refractivity (Wildman–Crippen MR) is 89.0 cm³/mol. The summed E-state index contributed by atoms with van der Waals surface area (Å²) in [4.78, 5) is 8.73. The van der Waals surface area contributed by atoms with Gasteiger partial charge in [-0.2, -0.15) is 16.7 Å². The third-order valence-corrected chi connectivity index (χ3v) is 3.50. The summed E-state index contributed by atoms with van der Waals surface area (Å²) in [7, 11) is 0. The third kappa shape index (κ3) is 8.60. The summed E-state index contributed by atoms with van der Waals surface area (Å²) in [6.45, 7) is 6.50. The number of aryl methyl sites for hydroxylation is 2. The maximum atomic E-state index is 5.08. The van der Waals surface area contributed by atoms with Crippen molar-refractivity contribution in [1.82, 2.24) is 20.8 Å². The molecule has 0 radical (unpaired) electrons. The SMILES string of the molecule is CCNC(=NCCCc1nc(C)no1)NCCCCSC. The number of hydrogen-bond donors (Lipinski definition) is 2. The average Bonchev–Trinajstić information content (AvgIpc) is 2.88. The van der Waals surface area contributed by atoms with Crippen LogP contribution in [0.2, 0.25) is 0 Å². The summed E-state index contributed by atoms with van der Waals surface area (Å²) in [6, 6.07) is 0. The van der Waals surface area contributed by atoms with Gasteiger partial charge in [0.2, 0.25) is 5.89 Å². The van der Waals surface area contributed by atoms with Crippen molar-refractivity contribution < 1.29 is 4.52 Å². The summed E-state index contributed by atoms with van der Waals surface area (Å²) >= 11 is 1.89. The monoisotopic (exact) mass is 313 g/mol. The molecule has 1 rings (SSSR count). The number of aliphatic imine (C=N–C) groups is 1. The van der Waals surface area contributed by atoms with E-state index in [0.29, 0.717) is 11.7 Å². The third-order valence-electron chi connectivity index (χ3n) is 2.80. The van der Waals surface area contributed by atoms with Crippen molar-refractivity contribution >= 4 is 17.7 Å². The van der Waals surface area contributed by atoms with Crippen LogP contribution in [-0.4, -0.2) is 47.7 Å². The van der Waals surface area contributed by atoms with Crippen molar-refractivity contribution in [2.45, 2.75) is 39.5 Å². The van der Waals surface area contributed by atoms with Gasteiger partial charge in [-0.15, -0.1) is 0 Å². The molecule has 0 aliphatic heterocycles. The van der Waals surface area contributed by atoms with E-state index in [1.807, 2.05) is 18.7 Å². The van der Waals surface area contributed by atoms with Crippen molar-refractivity contribution in [1.29, 1.82) is 0 Å². The summed E-state index contributed by atoms with van der Waals surface area (Å²) in [5.41, 5.74) is 0. The van der Waals surface area contributed by atoms with Gasteiger partial charge in [0.15, 0.2) is 11.8 Å². The van der Waals surface area contributed by atoms with Crippen LogP contribution in [0.15, 0.2) is 9.52 Å². The van der Waals surface area contributed by atoms with E-state index in [-0.39, 0.29) is 0 Å². The van der Waals surface area contributed by atoms with E-state index in [4.69, 9.17) is 4.52 Å². The normalized spacial score (nSPS) is 11.7. The van der Waals surface area contributed by atoms with E-state index in [1.54, 1.807) is 0 Å². The largest absolute Gasteiger partial charge is 0.357 e. The molecule has 1 aromatic heterocycles. The van der Waals surface area contributed by atoms with E-state index in [2.05, 4.69) is 38.9 Å². The van der Waals surface area contributed by atoms with E-state index < -0.39 is 0 Å². The molecule has 0 spiro atoms. The molecule has 0 aliphatic rings. The summed E-state index contributed by atoms with van der Waals surface area (Å²) in [6.07, 6.45) is 6.24. The second kappa shape index (κ2) is 11.4. The number of hydrogen-bond acceptors (Lipinski definition) is 5. The van der Waals surface area contributed by atoms with Crippen LogP contribution in [-0.2, 0) is 6.42 Å². The minimum absolute atomic E-state index is 0.689. The quantitative estimate of drug-likeness (QED) is 0.391. The number of nitrogens with zero attached hydrogens (tertiary/aromatic N) is 3. The van der Waals surface area contributed by atoms with Gasteiger partial charge in [-0.05, 0) is 45.1 Å². The molecule has 6 nitrogen and oxygen atoms in total. The number of guanidine groups is 1. The Hall–Kier alpha value is -1.24. The first-order chi connectivity index (χ1) is 10.3. The van der Waals surface area contributed by atoms with Crippen LogP contribution in [0.4, 0.5) is 0 Å². The smallest absolute Gasteiger partial charge is 0.226 e. The summed E-state index contributed by atoms with van der Waals surface area (Å²) in [5.74, 6) is 3.49. The van der Waals surface area contributed by atoms with E-state index in [1.165, 1.54) is 18.6 Å². The molecule has 0 saturated heterocycles. The molecular formula is C14H27N5OS. The van der Waals surface area contributed by atoms with Gasteiger partial charge in [0.1, 0.15) is 0 Å². The Morgan fingerprint density at radius 3 is 2.81 bits per heavy atom. The van der Waals surface area contributed by atoms with Crippen molar-refractivity contribution in [3.63, 3.8) is 0 Å². The zero-order valence-corrected chi connectivity index (χ0v) is 14.1. The van der Waals surface area contributed by atoms with Gasteiger partial charge in [-0.1, -0.05) is 5.16 Å². The number of nitrogens with one attached hydrogen (secondary N) is 2. The van der Waals surface area contributed by atoms with E-state index >= 15 is 0 Å². The highest BCUT2D eigenvalue weighted by Crippen LogP contribution is 2.00. The van der Waals surface area contributed by atoms with E-state index in [9.17, 15) is 0 Å². The number of aromatic nitrogens is 2. The molecule has 0 fully saturated rings. The zero-order chi connectivity index (χ0) is 15.3. The first-order valence-corrected chi connectivity index (χ1v) is 8.96. The maximum absolute atomic E-state index is 5.08. The molecule has 0 saturated carbocycles. The molecule has 1 heterocycles. The van der Waals surface area contributed by atoms with Crippen LogP contribution in [0.1, 0.15) is 37.9 Å². The van der Waals surface area contributed by atoms with Gasteiger partial charge in [-0.25, -0.2) is 0 Å². The number of unbranched alkanes of at least 4 members (excludes halogenated alkanes) is 1. The highest BCUT2D eigenvalue weighted by atomic mass is 32.2. The first kappa shape index (κ1) is 17.8. The van der Waals surface area contributed by atoms with Crippen molar-refractivity contribution in [3.8, 4) is 0 Å². The van der Waals surface area contributed by atoms with Gasteiger partial charge < -0.3 is 15.2 Å². The van der Waals surface area contributed by atoms with Crippen LogP contribution in [0.5, 0.6) is 0 Å². The van der Waals surface area contributed by atoms with Crippen LogP contribution in [0.3, 0.4) is 0 Å². The fraction of sp³-hybridized carbons (Fsp3) is 0.786. The Labute approximate surface area is 131 Å². The standard InChI is InChI=1S/C14H27N5OS/c1-4-15-14(16-9-5-6-11-21-3)17-10-7-8-13-18-12(2)19-20-13/h4-11H2,1-3H3,(H2,15,16,17). The Morgan fingerprint density at radius 1 is 1.29 bits per heavy atom. The minimum Gasteiger partial charge on any atom is -0.357 e. The molecule has 120 valence electrons. The van der Waals surface area contributed by atoms with Crippen molar-refractivity contribution in [2.75, 3.05) is 31.6 Å². The Balaban J connectivity index is 2.20. The minimum atomic E-state index is 0.689. The summed E-state index contributed by atoms with van der Waals surface area (Å²) < 4.78 is 5.08. The molecule has 2 N–H and O–H groups in total. The lowest BCUT2D eigenvalue weighted by atomic mass is 10.3.